The number of rotatable bonds is 9. The summed E-state index contributed by atoms with van der Waals surface area (Å²) in [6.45, 7) is 2.20. The number of benzene rings is 1. The van der Waals surface area contributed by atoms with Crippen molar-refractivity contribution >= 4 is 25.1 Å². The Kier molecular flexibility index (Phi) is 8.35. The zero-order chi connectivity index (χ0) is 30.1. The minimum Gasteiger partial charge on any atom is -0.421 e. The topological polar surface area (TPSA) is 173 Å². The molecule has 4 aromatic rings. The summed E-state index contributed by atoms with van der Waals surface area (Å²) in [6, 6.07) is 4.62. The lowest BCUT2D eigenvalue weighted by atomic mass is 10.1. The highest BCUT2D eigenvalue weighted by Crippen LogP contribution is 2.35. The summed E-state index contributed by atoms with van der Waals surface area (Å²) < 4.78 is 63.5. The van der Waals surface area contributed by atoms with E-state index in [0.717, 1.165) is 21.3 Å². The van der Waals surface area contributed by atoms with Gasteiger partial charge in [0.05, 0.1) is 23.9 Å². The van der Waals surface area contributed by atoms with Crippen LogP contribution in [0.25, 0.3) is 22.6 Å². The fourth-order valence-electron chi connectivity index (χ4n) is 4.13. The average Bonchev–Trinajstić information content (AvgIpc) is 3.51. The minimum atomic E-state index is -5.00. The Morgan fingerprint density at radius 2 is 1.88 bits per heavy atom. The van der Waals surface area contributed by atoms with E-state index in [1.807, 2.05) is 0 Å². The minimum absolute atomic E-state index is 0.0272. The molecule has 0 fully saturated rings. The van der Waals surface area contributed by atoms with Crippen LogP contribution in [-0.2, 0) is 39.6 Å². The lowest BCUT2D eigenvalue weighted by Crippen LogP contribution is -2.40. The number of alkyl halides is 3. The van der Waals surface area contributed by atoms with Gasteiger partial charge in [0.15, 0.2) is 17.0 Å². The number of halogens is 3. The molecule has 2 N–H and O–H groups in total. The van der Waals surface area contributed by atoms with Gasteiger partial charge >= 0.3 is 25.8 Å². The molecule has 0 aliphatic heterocycles. The van der Waals surface area contributed by atoms with Crippen LogP contribution in [0.5, 0.6) is 0 Å². The van der Waals surface area contributed by atoms with Crippen LogP contribution in [0.3, 0.4) is 0 Å². The van der Waals surface area contributed by atoms with Crippen molar-refractivity contribution in [2.45, 2.75) is 46.1 Å². The standard InChI is InChI=1S/C23H24F3N6O8P/c1-3-8-31-20(33)17-19(30(4-2)21(31)34)28-18(32(17)22(35)39-13-40-41(36,37)38)15-10-27-29(12-15)11-14-6-5-7-16(9-14)23(24,25)26/h5-7,9-10,12H,3-4,8,11,13H2,1-2H3,(H2,36,37,38). The second kappa shape index (κ2) is 11.4. The Labute approximate surface area is 228 Å². The highest BCUT2D eigenvalue weighted by atomic mass is 31.2. The highest BCUT2D eigenvalue weighted by molar-refractivity contribution is 7.46. The number of aryl methyl sites for hydroxylation is 1. The maximum Gasteiger partial charge on any atom is 0.472 e. The van der Waals surface area contributed by atoms with Gasteiger partial charge < -0.3 is 14.5 Å². The Morgan fingerprint density at radius 3 is 2.51 bits per heavy atom. The molecule has 0 saturated carbocycles. The quantitative estimate of drug-likeness (QED) is 0.215. The van der Waals surface area contributed by atoms with E-state index in [2.05, 4.69) is 14.6 Å². The monoisotopic (exact) mass is 600 g/mol. The van der Waals surface area contributed by atoms with E-state index in [4.69, 9.17) is 14.5 Å². The molecule has 3 heterocycles. The molecule has 0 amide bonds. The van der Waals surface area contributed by atoms with Gasteiger partial charge in [0.25, 0.3) is 5.56 Å². The fraction of sp³-hybridized carbons (Fsp3) is 0.348. The van der Waals surface area contributed by atoms with Crippen LogP contribution >= 0.6 is 7.82 Å². The second-order valence-electron chi connectivity index (χ2n) is 8.70. The van der Waals surface area contributed by atoms with Crippen molar-refractivity contribution in [2.24, 2.45) is 0 Å². The molecule has 0 aliphatic rings. The van der Waals surface area contributed by atoms with E-state index in [0.29, 0.717) is 6.42 Å². The van der Waals surface area contributed by atoms with Crippen molar-refractivity contribution in [1.82, 2.24) is 28.5 Å². The first-order chi connectivity index (χ1) is 19.2. The number of phosphoric ester groups is 1. The van der Waals surface area contributed by atoms with Crippen molar-refractivity contribution in [3.05, 3.63) is 68.6 Å². The van der Waals surface area contributed by atoms with Gasteiger partial charge in [-0.05, 0) is 31.0 Å². The van der Waals surface area contributed by atoms with Crippen LogP contribution in [0.4, 0.5) is 18.0 Å². The van der Waals surface area contributed by atoms with Crippen molar-refractivity contribution in [2.75, 3.05) is 6.79 Å². The van der Waals surface area contributed by atoms with Gasteiger partial charge in [-0.15, -0.1) is 0 Å². The summed E-state index contributed by atoms with van der Waals surface area (Å²) in [6.07, 6.45) is -2.84. The molecule has 41 heavy (non-hydrogen) atoms. The number of carbonyl (C=O) groups excluding carboxylic acids is 1. The van der Waals surface area contributed by atoms with Crippen LogP contribution in [0.1, 0.15) is 31.4 Å². The predicted octanol–water partition coefficient (Wildman–Crippen LogP) is 2.77. The van der Waals surface area contributed by atoms with Gasteiger partial charge in [-0.3, -0.25) is 18.6 Å². The largest absolute Gasteiger partial charge is 0.472 e. The van der Waals surface area contributed by atoms with E-state index < -0.39 is 43.7 Å². The summed E-state index contributed by atoms with van der Waals surface area (Å²) in [5.74, 6) is -0.218. The molecule has 0 spiro atoms. The van der Waals surface area contributed by atoms with Gasteiger partial charge in [-0.1, -0.05) is 19.1 Å². The van der Waals surface area contributed by atoms with Gasteiger partial charge in [0.1, 0.15) is 0 Å². The van der Waals surface area contributed by atoms with Gasteiger partial charge in [0.2, 0.25) is 6.79 Å². The summed E-state index contributed by atoms with van der Waals surface area (Å²) in [4.78, 5) is 61.7. The molecule has 14 nitrogen and oxygen atoms in total. The Hall–Kier alpha value is -4.05. The molecule has 1 aromatic carbocycles. The Balaban J connectivity index is 1.84. The summed E-state index contributed by atoms with van der Waals surface area (Å²) in [5.41, 5.74) is -2.48. The van der Waals surface area contributed by atoms with Crippen molar-refractivity contribution in [3.8, 4) is 11.4 Å². The van der Waals surface area contributed by atoms with E-state index >= 15 is 0 Å². The van der Waals surface area contributed by atoms with Crippen LogP contribution in [0, 0.1) is 0 Å². The second-order valence-corrected chi connectivity index (χ2v) is 9.94. The van der Waals surface area contributed by atoms with E-state index in [9.17, 15) is 32.1 Å². The Bertz CT molecular complexity index is 1770. The summed E-state index contributed by atoms with van der Waals surface area (Å²) in [5, 5.41) is 4.12. The molecular formula is C23H24F3N6O8P. The highest BCUT2D eigenvalue weighted by Gasteiger charge is 2.31. The maximum absolute atomic E-state index is 13.4. The lowest BCUT2D eigenvalue weighted by molar-refractivity contribution is -0.137. The normalized spacial score (nSPS) is 12.3. The zero-order valence-electron chi connectivity index (χ0n) is 21.6. The number of phosphoric acid groups is 1. The third-order valence-electron chi connectivity index (χ3n) is 5.86. The number of aromatic nitrogens is 6. The maximum atomic E-state index is 13.4. The van der Waals surface area contributed by atoms with Crippen molar-refractivity contribution in [1.29, 1.82) is 0 Å². The fourth-order valence-corrected chi connectivity index (χ4v) is 4.32. The smallest absolute Gasteiger partial charge is 0.421 e. The molecule has 0 bridgehead atoms. The van der Waals surface area contributed by atoms with Crippen molar-refractivity contribution in [3.63, 3.8) is 0 Å². The van der Waals surface area contributed by atoms with Crippen LogP contribution in [0.15, 0.2) is 46.2 Å². The number of imidazole rings is 1. The van der Waals surface area contributed by atoms with Gasteiger partial charge in [-0.2, -0.15) is 18.3 Å². The average molecular weight is 600 g/mol. The van der Waals surface area contributed by atoms with Crippen LogP contribution in [0.2, 0.25) is 0 Å². The number of hydrogen-bond donors (Lipinski definition) is 2. The lowest BCUT2D eigenvalue weighted by Gasteiger charge is -2.11. The van der Waals surface area contributed by atoms with E-state index in [1.165, 1.54) is 33.8 Å². The molecule has 0 radical (unpaired) electrons. The molecular weight excluding hydrogens is 576 g/mol. The molecule has 0 unspecified atom stereocenters. The number of hydrogen-bond acceptors (Lipinski definition) is 8. The van der Waals surface area contributed by atoms with Gasteiger partial charge in [0, 0.05) is 19.3 Å². The first-order valence-corrected chi connectivity index (χ1v) is 13.6. The number of ether oxygens (including phenoxy) is 1. The third kappa shape index (κ3) is 6.32. The molecule has 18 heteroatoms. The zero-order valence-corrected chi connectivity index (χ0v) is 22.5. The third-order valence-corrected chi connectivity index (χ3v) is 6.31. The first kappa shape index (κ1) is 29.9. The molecule has 0 saturated heterocycles. The molecule has 0 atom stereocenters. The Morgan fingerprint density at radius 1 is 1.15 bits per heavy atom. The summed E-state index contributed by atoms with van der Waals surface area (Å²) in [7, 11) is -5.00. The molecule has 220 valence electrons. The number of fused-ring (bicyclic) bond motifs is 1. The predicted molar refractivity (Wildman–Crippen MR) is 136 cm³/mol. The summed E-state index contributed by atoms with van der Waals surface area (Å²) >= 11 is 0. The first-order valence-electron chi connectivity index (χ1n) is 12.1. The number of nitrogens with zero attached hydrogens (tertiary/aromatic N) is 6. The SMILES string of the molecule is CCCn1c(=O)c2c(nc(-c3cnn(Cc4cccc(C(F)(F)F)c4)c3)n2C(=O)OCOP(=O)(O)O)n(CC)c1=O. The van der Waals surface area contributed by atoms with E-state index in [-0.39, 0.29) is 47.7 Å². The van der Waals surface area contributed by atoms with Gasteiger partial charge in [-0.25, -0.2) is 28.2 Å². The molecule has 4 rings (SSSR count). The molecule has 0 aliphatic carbocycles. The molecule has 3 aromatic heterocycles. The number of carbonyl (C=O) groups is 1. The van der Waals surface area contributed by atoms with E-state index in [1.54, 1.807) is 13.8 Å². The van der Waals surface area contributed by atoms with Crippen LogP contribution in [-0.4, -0.2) is 51.1 Å². The van der Waals surface area contributed by atoms with Crippen LogP contribution < -0.4 is 11.2 Å². The van der Waals surface area contributed by atoms with Crippen molar-refractivity contribution < 1.29 is 41.6 Å².